The Hall–Kier alpha value is -0.650. The zero-order chi connectivity index (χ0) is 15.7. The van der Waals surface area contributed by atoms with Crippen molar-refractivity contribution < 1.29 is 14.3 Å². The Morgan fingerprint density at radius 3 is 2.48 bits per heavy atom. The highest BCUT2D eigenvalue weighted by Crippen LogP contribution is 2.21. The van der Waals surface area contributed by atoms with Crippen LogP contribution in [-0.2, 0) is 9.47 Å². The number of ketones is 1. The second-order valence-electron chi connectivity index (χ2n) is 4.66. The second kappa shape index (κ2) is 10.1. The van der Waals surface area contributed by atoms with Gasteiger partial charge in [-0.2, -0.15) is 0 Å². The maximum atomic E-state index is 12.3. The molecule has 0 aliphatic carbocycles. The van der Waals surface area contributed by atoms with Crippen molar-refractivity contribution >= 4 is 29.0 Å². The average molecular weight is 334 g/mol. The normalized spacial score (nSPS) is 11.1. The Morgan fingerprint density at radius 1 is 1.14 bits per heavy atom. The molecule has 4 nitrogen and oxygen atoms in total. The van der Waals surface area contributed by atoms with Crippen LogP contribution in [0.2, 0.25) is 10.0 Å². The van der Waals surface area contributed by atoms with Gasteiger partial charge in [0.05, 0.1) is 18.2 Å². The number of halogens is 2. The van der Waals surface area contributed by atoms with Crippen molar-refractivity contribution in [3.05, 3.63) is 33.8 Å². The highest BCUT2D eigenvalue weighted by molar-refractivity contribution is 6.36. The van der Waals surface area contributed by atoms with Gasteiger partial charge in [0.1, 0.15) is 0 Å². The van der Waals surface area contributed by atoms with Gasteiger partial charge in [-0.3, -0.25) is 9.69 Å². The van der Waals surface area contributed by atoms with E-state index in [1.54, 1.807) is 32.4 Å². The maximum Gasteiger partial charge on any atom is 0.178 e. The van der Waals surface area contributed by atoms with E-state index < -0.39 is 0 Å². The lowest BCUT2D eigenvalue weighted by Crippen LogP contribution is -2.34. The van der Waals surface area contributed by atoms with Gasteiger partial charge in [-0.05, 0) is 24.6 Å². The lowest BCUT2D eigenvalue weighted by atomic mass is 10.1. The number of hydrogen-bond donors (Lipinski definition) is 0. The van der Waals surface area contributed by atoms with Crippen molar-refractivity contribution in [2.24, 2.45) is 0 Å². The minimum atomic E-state index is -0.0230. The molecule has 21 heavy (non-hydrogen) atoms. The van der Waals surface area contributed by atoms with Crippen molar-refractivity contribution in [2.45, 2.75) is 6.42 Å². The fourth-order valence-corrected chi connectivity index (χ4v) is 2.44. The molecule has 0 fully saturated rings. The third-order valence-electron chi connectivity index (χ3n) is 3.03. The van der Waals surface area contributed by atoms with Crippen LogP contribution in [0.25, 0.3) is 0 Å². The number of hydrogen-bond acceptors (Lipinski definition) is 4. The Bertz CT molecular complexity index is 455. The van der Waals surface area contributed by atoms with Crippen LogP contribution in [0.1, 0.15) is 16.8 Å². The Morgan fingerprint density at radius 2 is 1.86 bits per heavy atom. The van der Waals surface area contributed by atoms with E-state index in [1.807, 2.05) is 4.90 Å². The van der Waals surface area contributed by atoms with Crippen LogP contribution in [0.15, 0.2) is 18.2 Å². The number of carbonyl (C=O) groups is 1. The van der Waals surface area contributed by atoms with Crippen LogP contribution in [0.4, 0.5) is 0 Å². The molecule has 0 heterocycles. The van der Waals surface area contributed by atoms with Crippen LogP contribution in [-0.4, -0.2) is 57.8 Å². The maximum absolute atomic E-state index is 12.3. The fraction of sp³-hybridized carbons (Fsp3) is 0.533. The second-order valence-corrected chi connectivity index (χ2v) is 5.51. The molecule has 0 atom stereocenters. The van der Waals surface area contributed by atoms with Crippen LogP contribution in [0.3, 0.4) is 0 Å². The van der Waals surface area contributed by atoms with Gasteiger partial charge in [-0.1, -0.05) is 23.2 Å². The summed E-state index contributed by atoms with van der Waals surface area (Å²) in [6.45, 7) is 3.01. The molecule has 0 N–H and O–H groups in total. The van der Waals surface area contributed by atoms with Gasteiger partial charge >= 0.3 is 0 Å². The van der Waals surface area contributed by atoms with Crippen LogP contribution in [0.5, 0.6) is 0 Å². The van der Waals surface area contributed by atoms with Gasteiger partial charge in [-0.25, -0.2) is 0 Å². The molecule has 0 aliphatic heterocycles. The van der Waals surface area contributed by atoms with E-state index in [0.717, 1.165) is 13.0 Å². The van der Waals surface area contributed by atoms with Crippen molar-refractivity contribution in [2.75, 3.05) is 47.1 Å². The molecule has 1 aromatic carbocycles. The van der Waals surface area contributed by atoms with E-state index in [1.165, 1.54) is 0 Å². The van der Waals surface area contributed by atoms with E-state index >= 15 is 0 Å². The molecule has 0 aromatic heterocycles. The highest BCUT2D eigenvalue weighted by Gasteiger charge is 2.15. The Labute approximate surface area is 135 Å². The first-order chi connectivity index (χ1) is 10.1. The first kappa shape index (κ1) is 18.4. The molecule has 0 amide bonds. The van der Waals surface area contributed by atoms with Gasteiger partial charge < -0.3 is 9.47 Å². The molecular formula is C15H21Cl2NO3. The van der Waals surface area contributed by atoms with E-state index in [4.69, 9.17) is 32.7 Å². The number of methoxy groups -OCH3 is 2. The smallest absolute Gasteiger partial charge is 0.178 e. The summed E-state index contributed by atoms with van der Waals surface area (Å²) in [5.41, 5.74) is 0.496. The predicted octanol–water partition coefficient (Wildman–Crippen LogP) is 3.16. The molecule has 1 rings (SSSR count). The molecule has 0 saturated heterocycles. The van der Waals surface area contributed by atoms with Crippen LogP contribution in [0, 0.1) is 0 Å². The molecule has 6 heteroatoms. The summed E-state index contributed by atoms with van der Waals surface area (Å²) in [5.74, 6) is -0.0230. The highest BCUT2D eigenvalue weighted by atomic mass is 35.5. The van der Waals surface area contributed by atoms with Gasteiger partial charge in [0.2, 0.25) is 0 Å². The van der Waals surface area contributed by atoms with Gasteiger partial charge in [0.15, 0.2) is 5.78 Å². The number of Topliss-reactive ketones (excluding diaryl/α,β-unsaturated/α-hetero) is 1. The first-order valence-corrected chi connectivity index (χ1v) is 7.52. The van der Waals surface area contributed by atoms with Crippen molar-refractivity contribution in [1.29, 1.82) is 0 Å². The van der Waals surface area contributed by atoms with Gasteiger partial charge in [0.25, 0.3) is 0 Å². The van der Waals surface area contributed by atoms with Crippen molar-refractivity contribution in [1.82, 2.24) is 4.90 Å². The van der Waals surface area contributed by atoms with Crippen LogP contribution < -0.4 is 0 Å². The number of nitrogens with zero attached hydrogens (tertiary/aromatic N) is 1. The number of carbonyl (C=O) groups excluding carboxylic acids is 1. The van der Waals surface area contributed by atoms with E-state index in [-0.39, 0.29) is 5.78 Å². The van der Waals surface area contributed by atoms with Gasteiger partial charge in [-0.15, -0.1) is 0 Å². The molecule has 0 unspecified atom stereocenters. The molecule has 0 radical (unpaired) electrons. The van der Waals surface area contributed by atoms with Crippen LogP contribution >= 0.6 is 23.2 Å². The minimum absolute atomic E-state index is 0.0230. The fourth-order valence-electron chi connectivity index (χ4n) is 1.93. The third-order valence-corrected chi connectivity index (χ3v) is 3.58. The van der Waals surface area contributed by atoms with Crippen molar-refractivity contribution in [3.63, 3.8) is 0 Å². The summed E-state index contributed by atoms with van der Waals surface area (Å²) >= 11 is 11.9. The number of ether oxygens (including phenoxy) is 2. The molecule has 118 valence electrons. The molecule has 1 aromatic rings. The Kier molecular flexibility index (Phi) is 8.88. The summed E-state index contributed by atoms with van der Waals surface area (Å²) in [6.07, 6.45) is 0.863. The monoisotopic (exact) mass is 333 g/mol. The summed E-state index contributed by atoms with van der Waals surface area (Å²) in [4.78, 5) is 14.4. The quantitative estimate of drug-likeness (QED) is 0.487. The SMILES string of the molecule is COCCCN(CCOC)CC(=O)c1ccc(Cl)cc1Cl. The first-order valence-electron chi connectivity index (χ1n) is 6.77. The van der Waals surface area contributed by atoms with Gasteiger partial charge in [0, 0.05) is 44.5 Å². The molecule has 0 spiro atoms. The zero-order valence-electron chi connectivity index (χ0n) is 12.4. The molecular weight excluding hydrogens is 313 g/mol. The van der Waals surface area contributed by atoms with Crippen molar-refractivity contribution in [3.8, 4) is 0 Å². The minimum Gasteiger partial charge on any atom is -0.385 e. The predicted molar refractivity (Wildman–Crippen MR) is 85.6 cm³/mol. The molecule has 0 saturated carbocycles. The molecule has 0 aliphatic rings. The largest absolute Gasteiger partial charge is 0.385 e. The van der Waals surface area contributed by atoms with E-state index in [2.05, 4.69) is 0 Å². The lowest BCUT2D eigenvalue weighted by Gasteiger charge is -2.21. The summed E-state index contributed by atoms with van der Waals surface area (Å²) in [5, 5.41) is 0.906. The van der Waals surface area contributed by atoms with E-state index in [9.17, 15) is 4.79 Å². The third kappa shape index (κ3) is 6.76. The average Bonchev–Trinajstić information content (AvgIpc) is 2.44. The summed E-state index contributed by atoms with van der Waals surface area (Å²) < 4.78 is 10.1. The standard InChI is InChI=1S/C15H21Cl2NO3/c1-20-8-3-6-18(7-9-21-2)11-15(19)13-5-4-12(16)10-14(13)17/h4-5,10H,3,6-9,11H2,1-2H3. The lowest BCUT2D eigenvalue weighted by molar-refractivity contribution is 0.0878. The summed E-state index contributed by atoms with van der Waals surface area (Å²) in [6, 6.07) is 4.92. The number of rotatable bonds is 10. The Balaban J connectivity index is 2.64. The van der Waals surface area contributed by atoms with E-state index in [0.29, 0.717) is 41.9 Å². The number of benzene rings is 1. The summed E-state index contributed by atoms with van der Waals surface area (Å²) in [7, 11) is 3.31. The molecule has 0 bridgehead atoms. The zero-order valence-corrected chi connectivity index (χ0v) is 13.9. The topological polar surface area (TPSA) is 38.8 Å².